The van der Waals surface area contributed by atoms with Crippen LogP contribution in [-0.2, 0) is 9.59 Å². The van der Waals surface area contributed by atoms with Crippen LogP contribution in [-0.4, -0.2) is 12.0 Å². The molecule has 0 saturated heterocycles. The first-order valence-electron chi connectivity index (χ1n) is 4.94. The normalized spacial score (nSPS) is 49.7. The summed E-state index contributed by atoms with van der Waals surface area (Å²) in [6, 6.07) is 0. The average Bonchev–Trinajstić information content (AvgIpc) is 2.57. The van der Waals surface area contributed by atoms with E-state index in [1.54, 1.807) is 0 Å². The van der Waals surface area contributed by atoms with Gasteiger partial charge in [0.2, 0.25) is 6.08 Å². The van der Waals surface area contributed by atoms with Crippen molar-refractivity contribution in [1.82, 2.24) is 0 Å². The van der Waals surface area contributed by atoms with Gasteiger partial charge in [0, 0.05) is 5.92 Å². The minimum atomic E-state index is -0.207. The first kappa shape index (κ1) is 7.45. The van der Waals surface area contributed by atoms with Crippen molar-refractivity contribution in [2.75, 3.05) is 0 Å². The lowest BCUT2D eigenvalue weighted by molar-refractivity contribution is -0.119. The van der Waals surface area contributed by atoms with Crippen LogP contribution in [0, 0.1) is 29.6 Å². The number of hydrogen-bond donors (Lipinski definition) is 0. The number of isocyanates is 1. The number of carbonyl (C=O) groups excluding carboxylic acids is 2. The Bertz CT molecular complexity index is 303. The molecule has 1 amide bonds. The minimum absolute atomic E-state index is 0.104. The van der Waals surface area contributed by atoms with Crippen molar-refractivity contribution in [3.63, 3.8) is 0 Å². The van der Waals surface area contributed by atoms with E-state index in [-0.39, 0.29) is 11.8 Å². The third-order valence-electron chi connectivity index (χ3n) is 4.18. The average molecular weight is 177 g/mol. The van der Waals surface area contributed by atoms with E-state index in [2.05, 4.69) is 4.99 Å². The molecule has 4 atom stereocenters. The van der Waals surface area contributed by atoms with Gasteiger partial charge in [-0.1, -0.05) is 0 Å². The van der Waals surface area contributed by atoms with Gasteiger partial charge < -0.3 is 0 Å². The van der Waals surface area contributed by atoms with E-state index in [4.69, 9.17) is 0 Å². The lowest BCUT2D eigenvalue weighted by Gasteiger charge is -2.04. The van der Waals surface area contributed by atoms with Crippen LogP contribution >= 0.6 is 0 Å². The summed E-state index contributed by atoms with van der Waals surface area (Å²) in [4.78, 5) is 24.5. The third kappa shape index (κ3) is 0.829. The monoisotopic (exact) mass is 177 g/mol. The standard InChI is InChI=1S/C10H11NO2/c12-4-11-10(13)9-7-5-1-2-6(3-5)8(7)9/h5-9H,1-3H2. The molecule has 0 aromatic rings. The number of carbonyl (C=O) groups is 1. The van der Waals surface area contributed by atoms with Gasteiger partial charge in [-0.2, -0.15) is 0 Å². The number of fused-ring (bicyclic) bond motifs is 5. The molecular weight excluding hydrogens is 166 g/mol. The topological polar surface area (TPSA) is 46.5 Å². The van der Waals surface area contributed by atoms with Crippen LogP contribution < -0.4 is 0 Å². The Labute approximate surface area is 76.2 Å². The number of nitrogens with zero attached hydrogens (tertiary/aromatic N) is 1. The van der Waals surface area contributed by atoms with Crippen molar-refractivity contribution < 1.29 is 9.59 Å². The zero-order chi connectivity index (χ0) is 9.00. The molecule has 0 spiro atoms. The van der Waals surface area contributed by atoms with E-state index in [9.17, 15) is 9.59 Å². The second kappa shape index (κ2) is 2.30. The summed E-state index contributed by atoms with van der Waals surface area (Å²) < 4.78 is 0. The van der Waals surface area contributed by atoms with E-state index >= 15 is 0 Å². The van der Waals surface area contributed by atoms with Gasteiger partial charge in [-0.05, 0) is 42.9 Å². The summed E-state index contributed by atoms with van der Waals surface area (Å²) in [5.74, 6) is 2.61. The van der Waals surface area contributed by atoms with Gasteiger partial charge in [0.05, 0.1) is 0 Å². The molecule has 3 fully saturated rings. The highest BCUT2D eigenvalue weighted by Crippen LogP contribution is 2.69. The predicted octanol–water partition coefficient (Wildman–Crippen LogP) is 1.14. The van der Waals surface area contributed by atoms with Crippen molar-refractivity contribution in [1.29, 1.82) is 0 Å². The SMILES string of the molecule is O=C=NC(=O)C1C2C3CCC(C3)C12. The molecule has 3 nitrogen and oxygen atoms in total. The molecule has 3 aliphatic rings. The molecule has 3 heteroatoms. The molecule has 0 N–H and O–H groups in total. The Morgan fingerprint density at radius 1 is 1.23 bits per heavy atom. The lowest BCUT2D eigenvalue weighted by Crippen LogP contribution is -2.06. The van der Waals surface area contributed by atoms with Crippen molar-refractivity contribution in [3.05, 3.63) is 0 Å². The van der Waals surface area contributed by atoms with Gasteiger partial charge in [-0.25, -0.2) is 4.79 Å². The highest BCUT2D eigenvalue weighted by molar-refractivity contribution is 5.87. The van der Waals surface area contributed by atoms with Gasteiger partial charge >= 0.3 is 0 Å². The van der Waals surface area contributed by atoms with E-state index < -0.39 is 0 Å². The van der Waals surface area contributed by atoms with Gasteiger partial charge in [0.1, 0.15) is 0 Å². The largest absolute Gasteiger partial charge is 0.271 e. The lowest BCUT2D eigenvalue weighted by atomic mass is 10.0. The Morgan fingerprint density at radius 3 is 2.38 bits per heavy atom. The molecule has 0 aromatic carbocycles. The summed E-state index contributed by atoms with van der Waals surface area (Å²) in [5.41, 5.74) is 0. The Kier molecular flexibility index (Phi) is 1.32. The zero-order valence-electron chi connectivity index (χ0n) is 7.27. The molecule has 3 rings (SSSR count). The summed E-state index contributed by atoms with van der Waals surface area (Å²) >= 11 is 0. The molecule has 13 heavy (non-hydrogen) atoms. The number of amides is 1. The maximum atomic E-state index is 11.3. The summed E-state index contributed by atoms with van der Waals surface area (Å²) in [6.07, 6.45) is 5.26. The molecule has 68 valence electrons. The van der Waals surface area contributed by atoms with Crippen LogP contribution in [0.25, 0.3) is 0 Å². The van der Waals surface area contributed by atoms with Gasteiger partial charge in [0.15, 0.2) is 0 Å². The van der Waals surface area contributed by atoms with Gasteiger partial charge in [-0.15, -0.1) is 4.99 Å². The van der Waals surface area contributed by atoms with E-state index in [1.165, 1.54) is 25.3 Å². The summed E-state index contributed by atoms with van der Waals surface area (Å²) in [7, 11) is 0. The fourth-order valence-corrected chi connectivity index (χ4v) is 3.77. The highest BCUT2D eigenvalue weighted by atomic mass is 16.2. The second-order valence-electron chi connectivity index (χ2n) is 4.56. The fourth-order valence-electron chi connectivity index (χ4n) is 3.77. The quantitative estimate of drug-likeness (QED) is 0.445. The third-order valence-corrected chi connectivity index (χ3v) is 4.18. The van der Waals surface area contributed by atoms with Crippen molar-refractivity contribution in [3.8, 4) is 0 Å². The van der Waals surface area contributed by atoms with E-state index in [0.717, 1.165) is 11.8 Å². The zero-order valence-corrected chi connectivity index (χ0v) is 7.27. The first-order chi connectivity index (χ1) is 6.33. The molecule has 0 radical (unpaired) electrons. The Morgan fingerprint density at radius 2 is 1.85 bits per heavy atom. The summed E-state index contributed by atoms with van der Waals surface area (Å²) in [5, 5.41) is 0. The molecule has 0 aliphatic heterocycles. The van der Waals surface area contributed by atoms with Crippen LogP contribution in [0.5, 0.6) is 0 Å². The Balaban J connectivity index is 1.79. The molecule has 3 aliphatic carbocycles. The van der Waals surface area contributed by atoms with Crippen LogP contribution in [0.1, 0.15) is 19.3 Å². The van der Waals surface area contributed by atoms with Gasteiger partial charge in [0.25, 0.3) is 5.91 Å². The molecule has 0 aromatic heterocycles. The van der Waals surface area contributed by atoms with Crippen LogP contribution in [0.2, 0.25) is 0 Å². The highest BCUT2D eigenvalue weighted by Gasteiger charge is 2.67. The van der Waals surface area contributed by atoms with Crippen LogP contribution in [0.15, 0.2) is 4.99 Å². The molecule has 2 bridgehead atoms. The molecule has 4 unspecified atom stereocenters. The molecule has 3 saturated carbocycles. The Hall–Kier alpha value is -0.950. The number of rotatable bonds is 1. The van der Waals surface area contributed by atoms with E-state index in [1.807, 2.05) is 0 Å². The van der Waals surface area contributed by atoms with Gasteiger partial charge in [-0.3, -0.25) is 4.79 Å². The maximum Gasteiger partial charge on any atom is 0.260 e. The minimum Gasteiger partial charge on any atom is -0.271 e. The maximum absolute atomic E-state index is 11.3. The number of hydrogen-bond acceptors (Lipinski definition) is 2. The molecular formula is C10H11NO2. The van der Waals surface area contributed by atoms with Crippen molar-refractivity contribution in [2.45, 2.75) is 19.3 Å². The predicted molar refractivity (Wildman–Crippen MR) is 44.4 cm³/mol. The summed E-state index contributed by atoms with van der Waals surface area (Å²) in [6.45, 7) is 0. The first-order valence-corrected chi connectivity index (χ1v) is 4.94. The molecule has 0 heterocycles. The van der Waals surface area contributed by atoms with Crippen molar-refractivity contribution >= 4 is 12.0 Å². The van der Waals surface area contributed by atoms with Crippen LogP contribution in [0.3, 0.4) is 0 Å². The van der Waals surface area contributed by atoms with E-state index in [0.29, 0.717) is 11.8 Å². The fraction of sp³-hybridized carbons (Fsp3) is 0.800. The van der Waals surface area contributed by atoms with Crippen LogP contribution in [0.4, 0.5) is 0 Å². The smallest absolute Gasteiger partial charge is 0.260 e. The van der Waals surface area contributed by atoms with Crippen molar-refractivity contribution in [2.24, 2.45) is 34.6 Å². The second-order valence-corrected chi connectivity index (χ2v) is 4.56. The number of aliphatic imine (C=N–C) groups is 1.